The maximum Gasteiger partial charge on any atom is 0.216 e. The molecule has 1 aromatic carbocycles. The van der Waals surface area contributed by atoms with Crippen molar-refractivity contribution in [3.63, 3.8) is 0 Å². The number of nitrogens with two attached hydrogens (primary N) is 1. The molecule has 0 radical (unpaired) electrons. The van der Waals surface area contributed by atoms with Crippen LogP contribution in [-0.2, 0) is 27.1 Å². The van der Waals surface area contributed by atoms with Crippen LogP contribution in [0.15, 0.2) is 24.3 Å². The number of hydrogen-bond acceptors (Lipinski definition) is 4. The normalized spacial score (nSPS) is 18.9. The van der Waals surface area contributed by atoms with Gasteiger partial charge in [0.15, 0.2) is 0 Å². The number of hydrogen-bond donors (Lipinski definition) is 2. The standard InChI is InChI=1S/C14H22N2O3S/c1-14(5-7-19-8-6-14)16-20(17,18)11-13-4-2-3-12(9-13)10-15/h2-4,9,16H,5-8,10-11,15H2,1H3. The lowest BCUT2D eigenvalue weighted by Crippen LogP contribution is -2.49. The third-order valence-corrected chi connectivity index (χ3v) is 5.10. The second-order valence-electron chi connectivity index (χ2n) is 5.56. The number of nitrogens with one attached hydrogen (secondary N) is 1. The Labute approximate surface area is 120 Å². The summed E-state index contributed by atoms with van der Waals surface area (Å²) in [6, 6.07) is 7.38. The van der Waals surface area contributed by atoms with E-state index >= 15 is 0 Å². The Hall–Kier alpha value is -0.950. The predicted octanol–water partition coefficient (Wildman–Crippen LogP) is 1.13. The number of rotatable bonds is 5. The van der Waals surface area contributed by atoms with Crippen molar-refractivity contribution in [1.29, 1.82) is 0 Å². The van der Waals surface area contributed by atoms with E-state index in [-0.39, 0.29) is 5.75 Å². The highest BCUT2D eigenvalue weighted by atomic mass is 32.2. The molecule has 0 atom stereocenters. The van der Waals surface area contributed by atoms with Crippen LogP contribution in [0, 0.1) is 0 Å². The van der Waals surface area contributed by atoms with E-state index in [0.717, 1.165) is 11.1 Å². The van der Waals surface area contributed by atoms with Gasteiger partial charge in [-0.25, -0.2) is 13.1 Å². The van der Waals surface area contributed by atoms with E-state index in [9.17, 15) is 8.42 Å². The molecule has 112 valence electrons. The van der Waals surface area contributed by atoms with E-state index in [1.165, 1.54) is 0 Å². The zero-order valence-corrected chi connectivity index (χ0v) is 12.6. The molecule has 0 amide bonds. The van der Waals surface area contributed by atoms with Crippen molar-refractivity contribution < 1.29 is 13.2 Å². The van der Waals surface area contributed by atoms with Crippen LogP contribution in [-0.4, -0.2) is 27.2 Å². The fourth-order valence-corrected chi connectivity index (χ4v) is 4.05. The fourth-order valence-electron chi connectivity index (χ4n) is 2.40. The fraction of sp³-hybridized carbons (Fsp3) is 0.571. The van der Waals surface area contributed by atoms with Gasteiger partial charge in [0.05, 0.1) is 5.75 Å². The van der Waals surface area contributed by atoms with Gasteiger partial charge in [-0.1, -0.05) is 24.3 Å². The van der Waals surface area contributed by atoms with Gasteiger partial charge in [-0.3, -0.25) is 0 Å². The van der Waals surface area contributed by atoms with Gasteiger partial charge in [0, 0.05) is 25.3 Å². The zero-order chi connectivity index (χ0) is 14.6. The topological polar surface area (TPSA) is 81.4 Å². The Morgan fingerprint density at radius 3 is 2.60 bits per heavy atom. The van der Waals surface area contributed by atoms with Gasteiger partial charge in [-0.2, -0.15) is 0 Å². The lowest BCUT2D eigenvalue weighted by molar-refractivity contribution is 0.0537. The summed E-state index contributed by atoms with van der Waals surface area (Å²) in [7, 11) is -3.36. The third-order valence-electron chi connectivity index (χ3n) is 3.58. The van der Waals surface area contributed by atoms with Crippen molar-refractivity contribution in [3.05, 3.63) is 35.4 Å². The summed E-state index contributed by atoms with van der Waals surface area (Å²) in [5, 5.41) is 0. The summed E-state index contributed by atoms with van der Waals surface area (Å²) in [4.78, 5) is 0. The van der Waals surface area contributed by atoms with Gasteiger partial charge >= 0.3 is 0 Å². The monoisotopic (exact) mass is 298 g/mol. The average molecular weight is 298 g/mol. The molecule has 1 aliphatic rings. The van der Waals surface area contributed by atoms with E-state index in [1.54, 1.807) is 0 Å². The first kappa shape index (κ1) is 15.4. The second-order valence-corrected chi connectivity index (χ2v) is 7.28. The molecular formula is C14H22N2O3S. The molecule has 0 aliphatic carbocycles. The van der Waals surface area contributed by atoms with E-state index in [4.69, 9.17) is 10.5 Å². The van der Waals surface area contributed by atoms with Gasteiger partial charge in [0.2, 0.25) is 10.0 Å². The van der Waals surface area contributed by atoms with Crippen LogP contribution < -0.4 is 10.5 Å². The lowest BCUT2D eigenvalue weighted by atomic mass is 9.94. The van der Waals surface area contributed by atoms with Crippen LogP contribution in [0.1, 0.15) is 30.9 Å². The van der Waals surface area contributed by atoms with E-state index in [0.29, 0.717) is 32.6 Å². The summed E-state index contributed by atoms with van der Waals surface area (Å²) in [6.07, 6.45) is 1.41. The highest BCUT2D eigenvalue weighted by Crippen LogP contribution is 2.21. The van der Waals surface area contributed by atoms with Crippen molar-refractivity contribution in [3.8, 4) is 0 Å². The Morgan fingerprint density at radius 2 is 1.95 bits per heavy atom. The summed E-state index contributed by atoms with van der Waals surface area (Å²) in [6.45, 7) is 3.54. The molecular weight excluding hydrogens is 276 g/mol. The van der Waals surface area contributed by atoms with Crippen molar-refractivity contribution >= 4 is 10.0 Å². The number of ether oxygens (including phenoxy) is 1. The molecule has 6 heteroatoms. The highest BCUT2D eigenvalue weighted by molar-refractivity contribution is 7.88. The van der Waals surface area contributed by atoms with Gasteiger partial charge in [-0.15, -0.1) is 0 Å². The Morgan fingerprint density at radius 1 is 1.30 bits per heavy atom. The minimum absolute atomic E-state index is 0.0166. The highest BCUT2D eigenvalue weighted by Gasteiger charge is 2.31. The molecule has 0 unspecified atom stereocenters. The molecule has 1 aliphatic heterocycles. The minimum Gasteiger partial charge on any atom is -0.381 e. The number of benzene rings is 1. The van der Waals surface area contributed by atoms with E-state index in [1.807, 2.05) is 31.2 Å². The molecule has 1 fully saturated rings. The molecule has 0 aromatic heterocycles. The second kappa shape index (κ2) is 6.22. The molecule has 1 aromatic rings. The summed E-state index contributed by atoms with van der Waals surface area (Å²) in [5.41, 5.74) is 6.87. The van der Waals surface area contributed by atoms with Gasteiger partial charge in [0.25, 0.3) is 0 Å². The summed E-state index contributed by atoms with van der Waals surface area (Å²) < 4.78 is 32.7. The van der Waals surface area contributed by atoms with Crippen LogP contribution in [0.2, 0.25) is 0 Å². The largest absolute Gasteiger partial charge is 0.381 e. The zero-order valence-electron chi connectivity index (χ0n) is 11.8. The first-order chi connectivity index (χ1) is 9.42. The summed E-state index contributed by atoms with van der Waals surface area (Å²) in [5.74, 6) is -0.0166. The Balaban J connectivity index is 2.06. The molecule has 3 N–H and O–H groups in total. The maximum absolute atomic E-state index is 12.3. The molecule has 0 bridgehead atoms. The smallest absolute Gasteiger partial charge is 0.216 e. The van der Waals surface area contributed by atoms with E-state index in [2.05, 4.69) is 4.72 Å². The number of sulfonamides is 1. The van der Waals surface area contributed by atoms with Crippen molar-refractivity contribution in [1.82, 2.24) is 4.72 Å². The quantitative estimate of drug-likeness (QED) is 0.854. The molecule has 1 saturated heterocycles. The molecule has 1 heterocycles. The SMILES string of the molecule is CC1(NS(=O)(=O)Cc2cccc(CN)c2)CCOCC1. The maximum atomic E-state index is 12.3. The Kier molecular flexibility index (Phi) is 4.80. The first-order valence-corrected chi connectivity index (χ1v) is 8.45. The molecule has 0 spiro atoms. The van der Waals surface area contributed by atoms with Gasteiger partial charge in [0.1, 0.15) is 0 Å². The predicted molar refractivity (Wildman–Crippen MR) is 78.6 cm³/mol. The minimum atomic E-state index is -3.36. The molecule has 5 nitrogen and oxygen atoms in total. The first-order valence-electron chi connectivity index (χ1n) is 6.80. The van der Waals surface area contributed by atoms with E-state index < -0.39 is 15.6 Å². The van der Waals surface area contributed by atoms with Gasteiger partial charge < -0.3 is 10.5 Å². The van der Waals surface area contributed by atoms with Crippen LogP contribution in [0.3, 0.4) is 0 Å². The van der Waals surface area contributed by atoms with Crippen molar-refractivity contribution in [2.75, 3.05) is 13.2 Å². The molecule has 2 rings (SSSR count). The average Bonchev–Trinajstić information content (AvgIpc) is 2.37. The van der Waals surface area contributed by atoms with Crippen LogP contribution in [0.4, 0.5) is 0 Å². The molecule has 20 heavy (non-hydrogen) atoms. The van der Waals surface area contributed by atoms with Crippen molar-refractivity contribution in [2.45, 2.75) is 37.6 Å². The third kappa shape index (κ3) is 4.28. The van der Waals surface area contributed by atoms with Crippen LogP contribution in [0.25, 0.3) is 0 Å². The molecule has 0 saturated carbocycles. The summed E-state index contributed by atoms with van der Waals surface area (Å²) >= 11 is 0. The van der Waals surface area contributed by atoms with Gasteiger partial charge in [-0.05, 0) is 30.9 Å². The Bertz CT molecular complexity index is 551. The lowest BCUT2D eigenvalue weighted by Gasteiger charge is -2.34. The van der Waals surface area contributed by atoms with Crippen molar-refractivity contribution in [2.24, 2.45) is 5.73 Å². The van der Waals surface area contributed by atoms with Crippen LogP contribution >= 0.6 is 0 Å². The van der Waals surface area contributed by atoms with Crippen LogP contribution in [0.5, 0.6) is 0 Å².